The zero-order valence-electron chi connectivity index (χ0n) is 25.5. The molecule has 0 unspecified atom stereocenters. The van der Waals surface area contributed by atoms with Crippen LogP contribution in [0.1, 0.15) is 25.0 Å². The van der Waals surface area contributed by atoms with E-state index in [1.807, 2.05) is 0 Å². The summed E-state index contributed by atoms with van der Waals surface area (Å²) in [6.45, 7) is 4.77. The number of hydrogen-bond acceptors (Lipinski definition) is 0. The summed E-state index contributed by atoms with van der Waals surface area (Å²) in [5, 5.41) is 7.67. The molecule has 45 heavy (non-hydrogen) atoms. The van der Waals surface area contributed by atoms with E-state index in [4.69, 9.17) is 0 Å². The Hall–Kier alpha value is -5.46. The molecular weight excluding hydrogens is 540 g/mol. The Morgan fingerprint density at radius 2 is 0.844 bits per heavy atom. The molecule has 0 heteroatoms. The molecule has 0 nitrogen and oxygen atoms in total. The standard InChI is InChI=1S/C45H32/c1-45(2)41-26-13-12-19-33(41)38-24-14-25-39(44(38)45)40-28-31(27-30-17-6-7-18-32(30)40)43-36-22-10-8-20-34(36)42(29-15-4-3-5-16-29)35-21-9-11-23-37(35)43/h3-28H,1-2H3. The minimum Gasteiger partial charge on any atom is -0.0622 e. The van der Waals surface area contributed by atoms with Crippen molar-refractivity contribution in [1.29, 1.82) is 0 Å². The normalized spacial score (nSPS) is 13.3. The lowest BCUT2D eigenvalue weighted by Gasteiger charge is -2.25. The Morgan fingerprint density at radius 1 is 0.356 bits per heavy atom. The third-order valence-corrected chi connectivity index (χ3v) is 10.0. The van der Waals surface area contributed by atoms with Gasteiger partial charge in [0.1, 0.15) is 0 Å². The van der Waals surface area contributed by atoms with Gasteiger partial charge in [-0.25, -0.2) is 0 Å². The molecule has 0 fully saturated rings. The van der Waals surface area contributed by atoms with Gasteiger partial charge < -0.3 is 0 Å². The lowest BCUT2D eigenvalue weighted by Crippen LogP contribution is -2.16. The van der Waals surface area contributed by atoms with Crippen molar-refractivity contribution in [2.24, 2.45) is 0 Å². The van der Waals surface area contributed by atoms with Crippen LogP contribution in [0.4, 0.5) is 0 Å². The van der Waals surface area contributed by atoms with Gasteiger partial charge in [0.2, 0.25) is 0 Å². The molecule has 0 bridgehead atoms. The monoisotopic (exact) mass is 572 g/mol. The first-order valence-corrected chi connectivity index (χ1v) is 15.9. The molecule has 1 aliphatic rings. The van der Waals surface area contributed by atoms with Crippen LogP contribution in [0.25, 0.3) is 76.8 Å². The third kappa shape index (κ3) is 3.79. The van der Waals surface area contributed by atoms with Gasteiger partial charge in [-0.3, -0.25) is 0 Å². The molecule has 0 aliphatic heterocycles. The van der Waals surface area contributed by atoms with Crippen molar-refractivity contribution in [3.63, 3.8) is 0 Å². The molecule has 0 amide bonds. The zero-order valence-corrected chi connectivity index (χ0v) is 25.5. The van der Waals surface area contributed by atoms with Crippen molar-refractivity contribution in [1.82, 2.24) is 0 Å². The predicted molar refractivity (Wildman–Crippen MR) is 193 cm³/mol. The van der Waals surface area contributed by atoms with Gasteiger partial charge in [-0.05, 0) is 100 Å². The average Bonchev–Trinajstić information content (AvgIpc) is 3.33. The van der Waals surface area contributed by atoms with E-state index < -0.39 is 0 Å². The van der Waals surface area contributed by atoms with Crippen molar-refractivity contribution >= 4 is 32.3 Å². The highest BCUT2D eigenvalue weighted by Gasteiger charge is 2.37. The quantitative estimate of drug-likeness (QED) is 0.185. The van der Waals surface area contributed by atoms with Crippen molar-refractivity contribution in [2.45, 2.75) is 19.3 Å². The first-order chi connectivity index (χ1) is 22.1. The lowest BCUT2D eigenvalue weighted by molar-refractivity contribution is 0.662. The maximum absolute atomic E-state index is 2.47. The molecule has 212 valence electrons. The molecule has 0 heterocycles. The van der Waals surface area contributed by atoms with Crippen LogP contribution >= 0.6 is 0 Å². The fraction of sp³-hybridized carbons (Fsp3) is 0.0667. The second-order valence-corrected chi connectivity index (χ2v) is 12.9. The van der Waals surface area contributed by atoms with Gasteiger partial charge in [0, 0.05) is 5.41 Å². The largest absolute Gasteiger partial charge is 0.0622 e. The van der Waals surface area contributed by atoms with Crippen molar-refractivity contribution in [3.8, 4) is 44.5 Å². The van der Waals surface area contributed by atoms with Gasteiger partial charge in [-0.2, -0.15) is 0 Å². The van der Waals surface area contributed by atoms with E-state index in [9.17, 15) is 0 Å². The molecule has 8 aromatic rings. The molecule has 0 saturated carbocycles. The predicted octanol–water partition coefficient (Wildman–Crippen LogP) is 12.5. The fourth-order valence-electron chi connectivity index (χ4n) is 8.11. The van der Waals surface area contributed by atoms with Crippen molar-refractivity contribution in [2.75, 3.05) is 0 Å². The molecule has 0 spiro atoms. The Labute approximate surface area is 264 Å². The van der Waals surface area contributed by atoms with E-state index in [1.54, 1.807) is 0 Å². The average molecular weight is 573 g/mol. The van der Waals surface area contributed by atoms with Crippen molar-refractivity contribution < 1.29 is 0 Å². The van der Waals surface area contributed by atoms with Crippen LogP contribution in [-0.2, 0) is 5.41 Å². The summed E-state index contributed by atoms with van der Waals surface area (Å²) < 4.78 is 0. The van der Waals surface area contributed by atoms with E-state index in [0.717, 1.165) is 0 Å². The smallest absolute Gasteiger partial charge is 0.0165 e. The molecule has 9 rings (SSSR count). The second kappa shape index (κ2) is 9.78. The van der Waals surface area contributed by atoms with Crippen LogP contribution in [0.15, 0.2) is 158 Å². The topological polar surface area (TPSA) is 0 Å². The van der Waals surface area contributed by atoms with Gasteiger partial charge in [0.25, 0.3) is 0 Å². The second-order valence-electron chi connectivity index (χ2n) is 12.9. The van der Waals surface area contributed by atoms with Crippen LogP contribution in [0, 0.1) is 0 Å². The maximum Gasteiger partial charge on any atom is 0.0165 e. The van der Waals surface area contributed by atoms with Gasteiger partial charge in [-0.15, -0.1) is 0 Å². The fourth-order valence-corrected chi connectivity index (χ4v) is 8.11. The number of rotatable bonds is 3. The highest BCUT2D eigenvalue weighted by Crippen LogP contribution is 2.53. The Balaban J connectivity index is 1.39. The summed E-state index contributed by atoms with van der Waals surface area (Å²) >= 11 is 0. The van der Waals surface area contributed by atoms with Crippen LogP contribution in [0.2, 0.25) is 0 Å². The summed E-state index contributed by atoms with van der Waals surface area (Å²) in [6.07, 6.45) is 0. The highest BCUT2D eigenvalue weighted by molar-refractivity contribution is 6.22. The summed E-state index contributed by atoms with van der Waals surface area (Å²) in [5.74, 6) is 0. The zero-order chi connectivity index (χ0) is 30.1. The van der Waals surface area contributed by atoms with Gasteiger partial charge >= 0.3 is 0 Å². The first-order valence-electron chi connectivity index (χ1n) is 15.9. The van der Waals surface area contributed by atoms with E-state index in [1.165, 1.54) is 88.0 Å². The maximum atomic E-state index is 2.47. The minimum atomic E-state index is -0.101. The molecule has 0 aromatic heterocycles. The summed E-state index contributed by atoms with van der Waals surface area (Å²) in [7, 11) is 0. The molecular formula is C45H32. The Kier molecular flexibility index (Phi) is 5.64. The summed E-state index contributed by atoms with van der Waals surface area (Å²) in [5.41, 5.74) is 13.1. The van der Waals surface area contributed by atoms with E-state index in [2.05, 4.69) is 172 Å². The Morgan fingerprint density at radius 3 is 1.51 bits per heavy atom. The van der Waals surface area contributed by atoms with Gasteiger partial charge in [-0.1, -0.05) is 159 Å². The number of hydrogen-bond donors (Lipinski definition) is 0. The SMILES string of the molecule is CC1(C)c2ccccc2-c2cccc(-c3cc(-c4c5ccccc5c(-c5ccccc5)c5ccccc45)cc4ccccc34)c21. The minimum absolute atomic E-state index is 0.101. The lowest BCUT2D eigenvalue weighted by atomic mass is 9.77. The van der Waals surface area contributed by atoms with Gasteiger partial charge in [0.15, 0.2) is 0 Å². The van der Waals surface area contributed by atoms with E-state index in [0.29, 0.717) is 0 Å². The van der Waals surface area contributed by atoms with Crippen LogP contribution in [-0.4, -0.2) is 0 Å². The molecule has 0 saturated heterocycles. The molecule has 0 atom stereocenters. The van der Waals surface area contributed by atoms with Crippen LogP contribution in [0.3, 0.4) is 0 Å². The molecule has 8 aromatic carbocycles. The van der Waals surface area contributed by atoms with E-state index in [-0.39, 0.29) is 5.41 Å². The third-order valence-electron chi connectivity index (χ3n) is 10.0. The molecule has 0 N–H and O–H groups in total. The number of fused-ring (bicyclic) bond motifs is 6. The summed E-state index contributed by atoms with van der Waals surface area (Å²) in [6, 6.07) is 58.3. The van der Waals surface area contributed by atoms with Crippen LogP contribution in [0.5, 0.6) is 0 Å². The first kappa shape index (κ1) is 26.0. The van der Waals surface area contributed by atoms with Gasteiger partial charge in [0.05, 0.1) is 0 Å². The molecule has 0 radical (unpaired) electrons. The van der Waals surface area contributed by atoms with Crippen molar-refractivity contribution in [3.05, 3.63) is 169 Å². The summed E-state index contributed by atoms with van der Waals surface area (Å²) in [4.78, 5) is 0. The van der Waals surface area contributed by atoms with Crippen LogP contribution < -0.4 is 0 Å². The highest BCUT2D eigenvalue weighted by atomic mass is 14.4. The number of benzene rings is 8. The van der Waals surface area contributed by atoms with E-state index >= 15 is 0 Å². The Bertz CT molecular complexity index is 2390. The molecule has 1 aliphatic carbocycles.